The fourth-order valence-electron chi connectivity index (χ4n) is 2.94. The molecular weight excluding hydrogens is 475 g/mol. The Bertz CT molecular complexity index is 1220. The monoisotopic (exact) mass is 494 g/mol. The van der Waals surface area contributed by atoms with Crippen LogP contribution in [0.3, 0.4) is 0 Å². The van der Waals surface area contributed by atoms with Crippen LogP contribution in [0.15, 0.2) is 71.6 Å². The summed E-state index contributed by atoms with van der Waals surface area (Å²) in [6.07, 6.45) is 0. The molecule has 3 rings (SSSR count). The number of nitrogens with one attached hydrogen (secondary N) is 1. The quantitative estimate of drug-likeness (QED) is 0.483. The highest BCUT2D eigenvalue weighted by atomic mass is 35.5. The van der Waals surface area contributed by atoms with Crippen LogP contribution in [0.1, 0.15) is 0 Å². The van der Waals surface area contributed by atoms with Gasteiger partial charge < -0.3 is 14.8 Å². The van der Waals surface area contributed by atoms with Crippen LogP contribution in [0.2, 0.25) is 10.0 Å². The summed E-state index contributed by atoms with van der Waals surface area (Å²) >= 11 is 12.2. The van der Waals surface area contributed by atoms with Crippen molar-refractivity contribution >= 4 is 50.5 Å². The smallest absolute Gasteiger partial charge is 0.264 e. The van der Waals surface area contributed by atoms with E-state index >= 15 is 0 Å². The van der Waals surface area contributed by atoms with Gasteiger partial charge in [-0.3, -0.25) is 9.10 Å². The first-order chi connectivity index (χ1) is 15.3. The zero-order valence-electron chi connectivity index (χ0n) is 17.2. The van der Waals surface area contributed by atoms with Gasteiger partial charge in [0, 0.05) is 5.02 Å². The second-order valence-electron chi connectivity index (χ2n) is 6.54. The van der Waals surface area contributed by atoms with E-state index in [1.807, 2.05) is 0 Å². The maximum atomic E-state index is 13.4. The van der Waals surface area contributed by atoms with Gasteiger partial charge in [0.1, 0.15) is 18.0 Å². The number of halogens is 2. The Morgan fingerprint density at radius 2 is 1.59 bits per heavy atom. The van der Waals surface area contributed by atoms with Gasteiger partial charge in [0.2, 0.25) is 5.91 Å². The molecule has 0 aliphatic heterocycles. The minimum atomic E-state index is -4.09. The topological polar surface area (TPSA) is 84.9 Å². The highest BCUT2D eigenvalue weighted by Crippen LogP contribution is 2.32. The van der Waals surface area contributed by atoms with Crippen LogP contribution in [-0.2, 0) is 14.8 Å². The molecule has 0 bridgehead atoms. The molecule has 0 unspecified atom stereocenters. The molecule has 0 spiro atoms. The average Bonchev–Trinajstić information content (AvgIpc) is 2.78. The summed E-state index contributed by atoms with van der Waals surface area (Å²) in [6, 6.07) is 17.0. The Labute approximate surface area is 196 Å². The van der Waals surface area contributed by atoms with Crippen molar-refractivity contribution < 1.29 is 22.7 Å². The Morgan fingerprint density at radius 3 is 2.22 bits per heavy atom. The van der Waals surface area contributed by atoms with E-state index in [1.165, 1.54) is 50.6 Å². The molecule has 3 aromatic rings. The lowest BCUT2D eigenvalue weighted by Crippen LogP contribution is -2.38. The third-order valence-electron chi connectivity index (χ3n) is 4.48. The minimum absolute atomic E-state index is 0.0278. The fourth-order valence-corrected chi connectivity index (χ4v) is 4.80. The maximum Gasteiger partial charge on any atom is 0.264 e. The molecule has 0 saturated carbocycles. The van der Waals surface area contributed by atoms with Crippen LogP contribution in [0.5, 0.6) is 11.5 Å². The molecule has 0 heterocycles. The van der Waals surface area contributed by atoms with Crippen molar-refractivity contribution in [1.82, 2.24) is 0 Å². The van der Waals surface area contributed by atoms with E-state index in [1.54, 1.807) is 30.3 Å². The predicted molar refractivity (Wildman–Crippen MR) is 126 cm³/mol. The molecule has 1 N–H and O–H groups in total. The zero-order valence-corrected chi connectivity index (χ0v) is 19.5. The molecule has 32 heavy (non-hydrogen) atoms. The molecule has 0 aliphatic carbocycles. The number of sulfonamides is 1. The van der Waals surface area contributed by atoms with Crippen LogP contribution in [0, 0.1) is 0 Å². The van der Waals surface area contributed by atoms with Gasteiger partial charge in [0.25, 0.3) is 10.0 Å². The molecule has 10 heteroatoms. The summed E-state index contributed by atoms with van der Waals surface area (Å²) < 4.78 is 38.1. The fraction of sp³-hybridized carbons (Fsp3) is 0.136. The Morgan fingerprint density at radius 1 is 0.938 bits per heavy atom. The highest BCUT2D eigenvalue weighted by molar-refractivity contribution is 7.92. The van der Waals surface area contributed by atoms with Crippen LogP contribution in [0.4, 0.5) is 11.4 Å². The normalized spacial score (nSPS) is 11.0. The maximum absolute atomic E-state index is 13.4. The van der Waals surface area contributed by atoms with E-state index in [4.69, 9.17) is 32.7 Å². The average molecular weight is 495 g/mol. The summed E-state index contributed by atoms with van der Waals surface area (Å²) in [5, 5.41) is 3.24. The summed E-state index contributed by atoms with van der Waals surface area (Å²) in [5.74, 6) is 0.158. The van der Waals surface area contributed by atoms with E-state index in [-0.39, 0.29) is 15.6 Å². The number of ether oxygens (including phenoxy) is 2. The number of anilines is 2. The van der Waals surface area contributed by atoms with Gasteiger partial charge in [-0.05, 0) is 48.5 Å². The summed E-state index contributed by atoms with van der Waals surface area (Å²) in [7, 11) is -1.19. The van der Waals surface area contributed by atoms with Crippen LogP contribution < -0.4 is 19.1 Å². The lowest BCUT2D eigenvalue weighted by atomic mass is 10.2. The van der Waals surface area contributed by atoms with E-state index < -0.39 is 22.5 Å². The van der Waals surface area contributed by atoms with Crippen LogP contribution in [0.25, 0.3) is 0 Å². The van der Waals surface area contributed by atoms with E-state index in [0.29, 0.717) is 22.2 Å². The van der Waals surface area contributed by atoms with Crippen molar-refractivity contribution in [3.05, 3.63) is 76.8 Å². The number of methoxy groups -OCH3 is 2. The zero-order chi connectivity index (χ0) is 23.3. The third-order valence-corrected chi connectivity index (χ3v) is 6.80. The van der Waals surface area contributed by atoms with Crippen molar-refractivity contribution in [2.24, 2.45) is 0 Å². The predicted octanol–water partition coefficient (Wildman–Crippen LogP) is 4.84. The van der Waals surface area contributed by atoms with Gasteiger partial charge in [0.15, 0.2) is 0 Å². The van der Waals surface area contributed by atoms with Crippen molar-refractivity contribution in [3.63, 3.8) is 0 Å². The van der Waals surface area contributed by atoms with E-state index in [2.05, 4.69) is 5.32 Å². The molecule has 0 aromatic heterocycles. The molecule has 0 radical (unpaired) electrons. The lowest BCUT2D eigenvalue weighted by Gasteiger charge is -2.25. The molecule has 0 saturated heterocycles. The van der Waals surface area contributed by atoms with Crippen LogP contribution in [-0.4, -0.2) is 35.1 Å². The molecule has 1 amide bonds. The Balaban J connectivity index is 1.99. The molecule has 0 aliphatic rings. The number of hydrogen-bond acceptors (Lipinski definition) is 5. The van der Waals surface area contributed by atoms with Gasteiger partial charge in [-0.25, -0.2) is 8.42 Å². The number of carbonyl (C=O) groups excluding carboxylic acids is 1. The molecule has 168 valence electrons. The van der Waals surface area contributed by atoms with Crippen molar-refractivity contribution in [2.75, 3.05) is 30.4 Å². The molecule has 0 fully saturated rings. The van der Waals surface area contributed by atoms with E-state index in [0.717, 1.165) is 4.31 Å². The SMILES string of the molecule is COc1ccc(N(CC(=O)Nc2cc(Cl)ccc2OC)S(=O)(=O)c2ccccc2)cc1Cl. The second-order valence-corrected chi connectivity index (χ2v) is 9.24. The van der Waals surface area contributed by atoms with Crippen LogP contribution >= 0.6 is 23.2 Å². The molecule has 7 nitrogen and oxygen atoms in total. The largest absolute Gasteiger partial charge is 0.495 e. The summed E-state index contributed by atoms with van der Waals surface area (Å²) in [6.45, 7) is -0.518. The van der Waals surface area contributed by atoms with Gasteiger partial charge in [-0.2, -0.15) is 0 Å². The minimum Gasteiger partial charge on any atom is -0.495 e. The second kappa shape index (κ2) is 10.1. The van der Waals surface area contributed by atoms with Gasteiger partial charge in [-0.1, -0.05) is 41.4 Å². The molecular formula is C22H20Cl2N2O5S. The number of hydrogen-bond donors (Lipinski definition) is 1. The number of benzene rings is 3. The Kier molecular flexibility index (Phi) is 7.50. The van der Waals surface area contributed by atoms with E-state index in [9.17, 15) is 13.2 Å². The first-order valence-electron chi connectivity index (χ1n) is 9.31. The first-order valence-corrected chi connectivity index (χ1v) is 11.5. The lowest BCUT2D eigenvalue weighted by molar-refractivity contribution is -0.114. The number of amides is 1. The van der Waals surface area contributed by atoms with Crippen molar-refractivity contribution in [2.45, 2.75) is 4.90 Å². The summed E-state index contributed by atoms with van der Waals surface area (Å²) in [4.78, 5) is 12.9. The summed E-state index contributed by atoms with van der Waals surface area (Å²) in [5.41, 5.74) is 0.516. The van der Waals surface area contributed by atoms with Crippen molar-refractivity contribution in [1.29, 1.82) is 0 Å². The van der Waals surface area contributed by atoms with Gasteiger partial charge in [0.05, 0.1) is 35.5 Å². The highest BCUT2D eigenvalue weighted by Gasteiger charge is 2.28. The standard InChI is InChI=1S/C22H20Cl2N2O5S/c1-30-20-11-9-16(13-18(20)24)26(32(28,29)17-6-4-3-5-7-17)14-22(27)25-19-12-15(23)8-10-21(19)31-2/h3-13H,14H2,1-2H3,(H,25,27). The first kappa shape index (κ1) is 23.7. The molecule has 3 aromatic carbocycles. The number of rotatable bonds is 8. The third kappa shape index (κ3) is 5.27. The van der Waals surface area contributed by atoms with Gasteiger partial charge >= 0.3 is 0 Å². The molecule has 0 atom stereocenters. The Hall–Kier alpha value is -2.94. The van der Waals surface area contributed by atoms with Crippen molar-refractivity contribution in [3.8, 4) is 11.5 Å². The van der Waals surface area contributed by atoms with Gasteiger partial charge in [-0.15, -0.1) is 0 Å². The number of nitrogens with zero attached hydrogens (tertiary/aromatic N) is 1. The number of carbonyl (C=O) groups is 1.